The average Bonchev–Trinajstić information content (AvgIpc) is 2.84. The molecular weight excluding hydrogens is 230 g/mol. The van der Waals surface area contributed by atoms with Crippen LogP contribution in [0.1, 0.15) is 30.6 Å². The van der Waals surface area contributed by atoms with Gasteiger partial charge in [0.05, 0.1) is 19.3 Å². The maximum absolute atomic E-state index is 9.97. The lowest BCUT2D eigenvalue weighted by Gasteiger charge is -2.23. The molecule has 1 heterocycles. The zero-order valence-electron chi connectivity index (χ0n) is 11.0. The molecule has 0 aliphatic carbocycles. The molecule has 1 fully saturated rings. The van der Waals surface area contributed by atoms with Crippen LogP contribution in [0.3, 0.4) is 0 Å². The minimum absolute atomic E-state index is 0.426. The minimum Gasteiger partial charge on any atom is -0.388 e. The zero-order valence-corrected chi connectivity index (χ0v) is 11.0. The van der Waals surface area contributed by atoms with E-state index in [2.05, 4.69) is 5.32 Å². The van der Waals surface area contributed by atoms with Crippen LogP contribution in [0, 0.1) is 0 Å². The molecule has 0 radical (unpaired) electrons. The van der Waals surface area contributed by atoms with Crippen LogP contribution in [0.25, 0.3) is 0 Å². The van der Waals surface area contributed by atoms with Gasteiger partial charge in [0.15, 0.2) is 5.79 Å². The minimum atomic E-state index is -0.630. The Labute approximate surface area is 108 Å². The summed E-state index contributed by atoms with van der Waals surface area (Å²) in [6, 6.07) is 7.80. The summed E-state index contributed by atoms with van der Waals surface area (Å²) in [4.78, 5) is 0. The van der Waals surface area contributed by atoms with E-state index in [1.165, 1.54) is 0 Å². The van der Waals surface area contributed by atoms with Crippen LogP contribution in [0.5, 0.6) is 0 Å². The third-order valence-electron chi connectivity index (χ3n) is 3.33. The molecule has 0 saturated carbocycles. The Hall–Kier alpha value is -0.940. The fourth-order valence-electron chi connectivity index (χ4n) is 2.14. The van der Waals surface area contributed by atoms with Crippen molar-refractivity contribution in [3.05, 3.63) is 35.4 Å². The van der Waals surface area contributed by atoms with Crippen molar-refractivity contribution in [1.82, 2.24) is 5.32 Å². The van der Waals surface area contributed by atoms with Crippen molar-refractivity contribution in [2.24, 2.45) is 0 Å². The van der Waals surface area contributed by atoms with Gasteiger partial charge in [-0.05, 0) is 32.5 Å². The van der Waals surface area contributed by atoms with Crippen molar-refractivity contribution < 1.29 is 14.6 Å². The Morgan fingerprint density at radius 2 is 1.89 bits per heavy atom. The van der Waals surface area contributed by atoms with E-state index in [0.717, 1.165) is 17.7 Å². The van der Waals surface area contributed by atoms with Gasteiger partial charge < -0.3 is 19.9 Å². The number of ether oxygens (including phenoxy) is 2. The van der Waals surface area contributed by atoms with Gasteiger partial charge in [0, 0.05) is 5.56 Å². The van der Waals surface area contributed by atoms with Crippen LogP contribution in [-0.2, 0) is 15.3 Å². The summed E-state index contributed by atoms with van der Waals surface area (Å²) in [5.74, 6) is -0.630. The van der Waals surface area contributed by atoms with E-state index in [4.69, 9.17) is 9.47 Å². The Bertz CT molecular complexity index is 371. The number of rotatable bonds is 5. The lowest BCUT2D eigenvalue weighted by atomic mass is 10.0. The van der Waals surface area contributed by atoms with Crippen LogP contribution >= 0.6 is 0 Å². The molecule has 0 amide bonds. The molecule has 1 unspecified atom stereocenters. The molecule has 1 aliphatic heterocycles. The summed E-state index contributed by atoms with van der Waals surface area (Å²) >= 11 is 0. The largest absolute Gasteiger partial charge is 0.388 e. The van der Waals surface area contributed by atoms with Crippen molar-refractivity contribution in [3.63, 3.8) is 0 Å². The summed E-state index contributed by atoms with van der Waals surface area (Å²) < 4.78 is 11.2. The van der Waals surface area contributed by atoms with Gasteiger partial charge in [0.25, 0.3) is 0 Å². The number of hydrogen-bond donors (Lipinski definition) is 2. The molecule has 4 heteroatoms. The van der Waals surface area contributed by atoms with E-state index < -0.39 is 11.9 Å². The number of aliphatic hydroxyl groups excluding tert-OH is 1. The van der Waals surface area contributed by atoms with Crippen molar-refractivity contribution in [2.75, 3.05) is 26.8 Å². The summed E-state index contributed by atoms with van der Waals surface area (Å²) in [6.07, 6.45) is 0.282. The fourth-order valence-corrected chi connectivity index (χ4v) is 2.14. The Morgan fingerprint density at radius 1 is 1.28 bits per heavy atom. The smallest absolute Gasteiger partial charge is 0.192 e. The summed E-state index contributed by atoms with van der Waals surface area (Å²) in [5, 5.41) is 13.0. The number of hydrogen-bond acceptors (Lipinski definition) is 4. The monoisotopic (exact) mass is 251 g/mol. The highest BCUT2D eigenvalue weighted by molar-refractivity contribution is 5.27. The van der Waals surface area contributed by atoms with E-state index in [1.807, 2.05) is 38.2 Å². The predicted molar refractivity (Wildman–Crippen MR) is 69.2 cm³/mol. The van der Waals surface area contributed by atoms with Gasteiger partial charge in [0.2, 0.25) is 0 Å². The van der Waals surface area contributed by atoms with Crippen LogP contribution in [0.15, 0.2) is 24.3 Å². The summed E-state index contributed by atoms with van der Waals surface area (Å²) in [5.41, 5.74) is 1.92. The van der Waals surface area contributed by atoms with Gasteiger partial charge in [-0.1, -0.05) is 24.3 Å². The highest BCUT2D eigenvalue weighted by atomic mass is 16.7. The zero-order chi connectivity index (χ0) is 13.0. The molecule has 0 spiro atoms. The van der Waals surface area contributed by atoms with Crippen LogP contribution in [-0.4, -0.2) is 31.9 Å². The molecule has 2 rings (SSSR count). The first kappa shape index (κ1) is 13.5. The van der Waals surface area contributed by atoms with Crippen LogP contribution in [0.4, 0.5) is 0 Å². The second-order valence-electron chi connectivity index (χ2n) is 4.67. The molecule has 100 valence electrons. The molecule has 4 nitrogen and oxygen atoms in total. The lowest BCUT2D eigenvalue weighted by Crippen LogP contribution is -2.22. The molecule has 1 saturated heterocycles. The first-order chi connectivity index (χ1) is 8.65. The van der Waals surface area contributed by atoms with E-state index in [9.17, 15) is 5.11 Å². The van der Waals surface area contributed by atoms with E-state index in [-0.39, 0.29) is 0 Å². The van der Waals surface area contributed by atoms with Crippen LogP contribution in [0.2, 0.25) is 0 Å². The maximum atomic E-state index is 9.97. The predicted octanol–water partition coefficient (Wildman–Crippen LogP) is 1.55. The SMILES string of the molecule is CNCCC(O)c1ccc(C2(C)OCCO2)cc1. The second-order valence-corrected chi connectivity index (χ2v) is 4.67. The lowest BCUT2D eigenvalue weighted by molar-refractivity contribution is -0.149. The Kier molecular flexibility index (Phi) is 4.35. The van der Waals surface area contributed by atoms with E-state index in [1.54, 1.807) is 0 Å². The van der Waals surface area contributed by atoms with Gasteiger partial charge in [-0.3, -0.25) is 0 Å². The Morgan fingerprint density at radius 3 is 2.44 bits per heavy atom. The topological polar surface area (TPSA) is 50.7 Å². The van der Waals surface area contributed by atoms with Crippen molar-refractivity contribution >= 4 is 0 Å². The first-order valence-electron chi connectivity index (χ1n) is 6.37. The summed E-state index contributed by atoms with van der Waals surface area (Å²) in [7, 11) is 1.88. The van der Waals surface area contributed by atoms with Crippen molar-refractivity contribution in [3.8, 4) is 0 Å². The van der Waals surface area contributed by atoms with Gasteiger partial charge >= 0.3 is 0 Å². The average molecular weight is 251 g/mol. The Balaban J connectivity index is 2.05. The molecular formula is C14H21NO3. The highest BCUT2D eigenvalue weighted by Crippen LogP contribution is 2.31. The molecule has 1 atom stereocenters. The number of nitrogens with one attached hydrogen (secondary N) is 1. The molecule has 1 aliphatic rings. The maximum Gasteiger partial charge on any atom is 0.192 e. The third kappa shape index (κ3) is 2.90. The second kappa shape index (κ2) is 5.80. The number of aliphatic hydroxyl groups is 1. The van der Waals surface area contributed by atoms with Crippen molar-refractivity contribution in [1.29, 1.82) is 0 Å². The van der Waals surface area contributed by atoms with E-state index in [0.29, 0.717) is 19.6 Å². The van der Waals surface area contributed by atoms with Gasteiger partial charge in [-0.2, -0.15) is 0 Å². The van der Waals surface area contributed by atoms with Crippen molar-refractivity contribution in [2.45, 2.75) is 25.2 Å². The molecule has 18 heavy (non-hydrogen) atoms. The fraction of sp³-hybridized carbons (Fsp3) is 0.571. The summed E-state index contributed by atoms with van der Waals surface area (Å²) in [6.45, 7) is 3.98. The molecule has 2 N–H and O–H groups in total. The quantitative estimate of drug-likeness (QED) is 0.833. The molecule has 0 bridgehead atoms. The van der Waals surface area contributed by atoms with E-state index >= 15 is 0 Å². The van der Waals surface area contributed by atoms with Gasteiger partial charge in [-0.15, -0.1) is 0 Å². The first-order valence-corrected chi connectivity index (χ1v) is 6.37. The highest BCUT2D eigenvalue weighted by Gasteiger charge is 2.32. The normalized spacial score (nSPS) is 19.9. The molecule has 0 aromatic heterocycles. The van der Waals surface area contributed by atoms with Gasteiger partial charge in [-0.25, -0.2) is 0 Å². The third-order valence-corrected chi connectivity index (χ3v) is 3.33. The number of benzene rings is 1. The standard InChI is InChI=1S/C14H21NO3/c1-14(17-9-10-18-14)12-5-3-11(4-6-12)13(16)7-8-15-2/h3-6,13,15-16H,7-10H2,1-2H3. The molecule has 1 aromatic carbocycles. The van der Waals surface area contributed by atoms with Gasteiger partial charge in [0.1, 0.15) is 0 Å². The van der Waals surface area contributed by atoms with Crippen LogP contribution < -0.4 is 5.32 Å². The molecule has 1 aromatic rings.